The van der Waals surface area contributed by atoms with E-state index >= 15 is 0 Å². The standard InChI is InChI=1S/C21H40O3/c1-4-5-6-13-16-20(22)17-14-11-9-7-8-10-12-15-18-21(23)24-19(2)3/h11,14,19-20,22H,4-10,12-13,15-18H2,1-3H3/b14-11+. The molecule has 0 aromatic rings. The fourth-order valence-corrected chi connectivity index (χ4v) is 2.68. The lowest BCUT2D eigenvalue weighted by molar-refractivity contribution is -0.147. The molecular weight excluding hydrogens is 300 g/mol. The predicted octanol–water partition coefficient (Wildman–Crippen LogP) is 5.95. The van der Waals surface area contributed by atoms with Gasteiger partial charge in [-0.1, -0.05) is 64.0 Å². The summed E-state index contributed by atoms with van der Waals surface area (Å²) in [6, 6.07) is 0. The van der Waals surface area contributed by atoms with E-state index in [0.717, 1.165) is 38.5 Å². The second-order valence-corrected chi connectivity index (χ2v) is 7.06. The number of rotatable bonds is 16. The van der Waals surface area contributed by atoms with Gasteiger partial charge in [-0.25, -0.2) is 0 Å². The van der Waals surface area contributed by atoms with Crippen molar-refractivity contribution in [2.45, 2.75) is 116 Å². The average Bonchev–Trinajstić information content (AvgIpc) is 2.52. The third-order valence-electron chi connectivity index (χ3n) is 4.08. The maximum Gasteiger partial charge on any atom is 0.306 e. The highest BCUT2D eigenvalue weighted by molar-refractivity contribution is 5.69. The van der Waals surface area contributed by atoms with Crippen molar-refractivity contribution in [2.24, 2.45) is 0 Å². The predicted molar refractivity (Wildman–Crippen MR) is 102 cm³/mol. The van der Waals surface area contributed by atoms with Crippen molar-refractivity contribution in [1.82, 2.24) is 0 Å². The number of esters is 1. The summed E-state index contributed by atoms with van der Waals surface area (Å²) >= 11 is 0. The van der Waals surface area contributed by atoms with E-state index in [1.165, 1.54) is 38.5 Å². The molecule has 0 bridgehead atoms. The summed E-state index contributed by atoms with van der Waals surface area (Å²) in [5.41, 5.74) is 0. The topological polar surface area (TPSA) is 46.5 Å². The van der Waals surface area contributed by atoms with Crippen molar-refractivity contribution in [3.63, 3.8) is 0 Å². The molecule has 3 nitrogen and oxygen atoms in total. The molecular formula is C21H40O3. The number of aliphatic hydroxyl groups is 1. The Balaban J connectivity index is 3.33. The molecule has 0 rings (SSSR count). The molecule has 0 radical (unpaired) electrons. The average molecular weight is 341 g/mol. The minimum absolute atomic E-state index is 0.000791. The van der Waals surface area contributed by atoms with Gasteiger partial charge in [0, 0.05) is 6.42 Å². The monoisotopic (exact) mass is 340 g/mol. The van der Waals surface area contributed by atoms with Gasteiger partial charge in [-0.3, -0.25) is 4.79 Å². The zero-order valence-corrected chi connectivity index (χ0v) is 16.3. The maximum atomic E-state index is 11.4. The maximum absolute atomic E-state index is 11.4. The normalized spacial score (nSPS) is 12.9. The second-order valence-electron chi connectivity index (χ2n) is 7.06. The fraction of sp³-hybridized carbons (Fsp3) is 0.857. The lowest BCUT2D eigenvalue weighted by Gasteiger charge is -2.07. The fourth-order valence-electron chi connectivity index (χ4n) is 2.68. The molecule has 0 aromatic carbocycles. The number of carbonyl (C=O) groups is 1. The van der Waals surface area contributed by atoms with E-state index in [-0.39, 0.29) is 18.2 Å². The molecule has 3 heteroatoms. The van der Waals surface area contributed by atoms with Crippen LogP contribution in [-0.2, 0) is 9.53 Å². The van der Waals surface area contributed by atoms with Gasteiger partial charge in [0.2, 0.25) is 0 Å². The molecule has 0 aliphatic rings. The van der Waals surface area contributed by atoms with E-state index in [1.54, 1.807) is 0 Å². The van der Waals surface area contributed by atoms with Crippen LogP contribution in [0.3, 0.4) is 0 Å². The Morgan fingerprint density at radius 2 is 1.62 bits per heavy atom. The highest BCUT2D eigenvalue weighted by atomic mass is 16.5. The quantitative estimate of drug-likeness (QED) is 0.215. The molecule has 0 aromatic heterocycles. The van der Waals surface area contributed by atoms with Crippen molar-refractivity contribution in [3.8, 4) is 0 Å². The van der Waals surface area contributed by atoms with Gasteiger partial charge in [-0.15, -0.1) is 0 Å². The Hall–Kier alpha value is -0.830. The van der Waals surface area contributed by atoms with Gasteiger partial charge in [0.25, 0.3) is 0 Å². The molecule has 1 N–H and O–H groups in total. The lowest BCUT2D eigenvalue weighted by atomic mass is 10.1. The second kappa shape index (κ2) is 17.0. The highest BCUT2D eigenvalue weighted by Crippen LogP contribution is 2.11. The van der Waals surface area contributed by atoms with E-state index in [1.807, 2.05) is 13.8 Å². The Labute approximate surface area is 149 Å². The van der Waals surface area contributed by atoms with Crippen LogP contribution in [0.5, 0.6) is 0 Å². The summed E-state index contributed by atoms with van der Waals surface area (Å²) in [6.07, 6.45) is 18.1. The summed E-state index contributed by atoms with van der Waals surface area (Å²) in [6.45, 7) is 5.98. The van der Waals surface area contributed by atoms with Crippen LogP contribution < -0.4 is 0 Å². The van der Waals surface area contributed by atoms with Gasteiger partial charge in [0.1, 0.15) is 0 Å². The molecule has 0 aliphatic heterocycles. The first kappa shape index (κ1) is 23.2. The lowest BCUT2D eigenvalue weighted by Crippen LogP contribution is -2.10. The number of ether oxygens (including phenoxy) is 1. The van der Waals surface area contributed by atoms with Crippen LogP contribution in [-0.4, -0.2) is 23.3 Å². The van der Waals surface area contributed by atoms with Crippen molar-refractivity contribution in [1.29, 1.82) is 0 Å². The van der Waals surface area contributed by atoms with Crippen LogP contribution in [0.2, 0.25) is 0 Å². The van der Waals surface area contributed by atoms with Crippen molar-refractivity contribution >= 4 is 5.97 Å². The third-order valence-corrected chi connectivity index (χ3v) is 4.08. The van der Waals surface area contributed by atoms with Crippen LogP contribution >= 0.6 is 0 Å². The van der Waals surface area contributed by atoms with E-state index in [0.29, 0.717) is 6.42 Å². The first-order valence-corrected chi connectivity index (χ1v) is 10.1. The van der Waals surface area contributed by atoms with Crippen LogP contribution in [0.25, 0.3) is 0 Å². The largest absolute Gasteiger partial charge is 0.463 e. The molecule has 0 saturated carbocycles. The highest BCUT2D eigenvalue weighted by Gasteiger charge is 2.04. The summed E-state index contributed by atoms with van der Waals surface area (Å²) in [7, 11) is 0. The Bertz CT molecular complexity index is 310. The SMILES string of the molecule is CCCCCCC(O)C/C=C/CCCCCCCC(=O)OC(C)C. The number of aliphatic hydroxyl groups excluding tert-OH is 1. The van der Waals surface area contributed by atoms with Gasteiger partial charge in [0.15, 0.2) is 0 Å². The van der Waals surface area contributed by atoms with Gasteiger partial charge in [0.05, 0.1) is 12.2 Å². The smallest absolute Gasteiger partial charge is 0.306 e. The molecule has 0 heterocycles. The van der Waals surface area contributed by atoms with E-state index in [2.05, 4.69) is 19.1 Å². The molecule has 142 valence electrons. The number of allylic oxidation sites excluding steroid dienone is 1. The van der Waals surface area contributed by atoms with E-state index in [4.69, 9.17) is 4.74 Å². The van der Waals surface area contributed by atoms with E-state index in [9.17, 15) is 9.90 Å². The van der Waals surface area contributed by atoms with Gasteiger partial charge in [-0.2, -0.15) is 0 Å². The number of hydrogen-bond donors (Lipinski definition) is 1. The number of carbonyl (C=O) groups excluding carboxylic acids is 1. The Kier molecular flexibility index (Phi) is 16.4. The summed E-state index contributed by atoms with van der Waals surface area (Å²) < 4.78 is 5.11. The Morgan fingerprint density at radius 3 is 2.33 bits per heavy atom. The van der Waals surface area contributed by atoms with Crippen molar-refractivity contribution in [2.75, 3.05) is 0 Å². The van der Waals surface area contributed by atoms with E-state index < -0.39 is 0 Å². The zero-order chi connectivity index (χ0) is 18.0. The van der Waals surface area contributed by atoms with Crippen LogP contribution in [0.1, 0.15) is 104 Å². The number of hydrogen-bond acceptors (Lipinski definition) is 3. The molecule has 0 spiro atoms. The minimum atomic E-state index is -0.163. The summed E-state index contributed by atoms with van der Waals surface area (Å²) in [5.74, 6) is -0.0683. The van der Waals surface area contributed by atoms with Crippen molar-refractivity contribution < 1.29 is 14.6 Å². The Morgan fingerprint density at radius 1 is 0.958 bits per heavy atom. The third kappa shape index (κ3) is 17.5. The van der Waals surface area contributed by atoms with Crippen molar-refractivity contribution in [3.05, 3.63) is 12.2 Å². The first-order chi connectivity index (χ1) is 11.6. The molecule has 0 saturated heterocycles. The number of unbranched alkanes of at least 4 members (excludes halogenated alkanes) is 8. The molecule has 1 atom stereocenters. The molecule has 0 amide bonds. The van der Waals surface area contributed by atoms with Gasteiger partial charge >= 0.3 is 5.97 Å². The molecule has 0 aliphatic carbocycles. The minimum Gasteiger partial charge on any atom is -0.463 e. The van der Waals surface area contributed by atoms with Gasteiger partial charge < -0.3 is 9.84 Å². The van der Waals surface area contributed by atoms with Gasteiger partial charge in [-0.05, 0) is 46.0 Å². The summed E-state index contributed by atoms with van der Waals surface area (Å²) in [5, 5.41) is 9.86. The van der Waals surface area contributed by atoms with Crippen LogP contribution in [0.4, 0.5) is 0 Å². The zero-order valence-electron chi connectivity index (χ0n) is 16.3. The molecule has 24 heavy (non-hydrogen) atoms. The first-order valence-electron chi connectivity index (χ1n) is 10.1. The van der Waals surface area contributed by atoms with Crippen LogP contribution in [0.15, 0.2) is 12.2 Å². The molecule has 1 unspecified atom stereocenters. The van der Waals surface area contributed by atoms with Crippen LogP contribution in [0, 0.1) is 0 Å². The summed E-state index contributed by atoms with van der Waals surface area (Å²) in [4.78, 5) is 11.4. The molecule has 0 fully saturated rings.